The van der Waals surface area contributed by atoms with Gasteiger partial charge in [0, 0.05) is 19.4 Å². The first-order chi connectivity index (χ1) is 33.6. The molecule has 0 aliphatic heterocycles. The van der Waals surface area contributed by atoms with Gasteiger partial charge in [-0.1, -0.05) is 309 Å². The van der Waals surface area contributed by atoms with E-state index < -0.39 is 6.10 Å². The van der Waals surface area contributed by atoms with Crippen LogP contribution in [0.4, 0.5) is 0 Å². The average Bonchev–Trinajstić information content (AvgIpc) is 3.34. The van der Waals surface area contributed by atoms with E-state index in [4.69, 9.17) is 14.2 Å². The summed E-state index contributed by atoms with van der Waals surface area (Å²) < 4.78 is 17.6. The third-order valence-electron chi connectivity index (χ3n) is 14.3. The van der Waals surface area contributed by atoms with Crippen LogP contribution in [0.3, 0.4) is 0 Å². The molecule has 0 saturated carbocycles. The lowest BCUT2D eigenvalue weighted by atomic mass is 10.0. The lowest BCUT2D eigenvalue weighted by Crippen LogP contribution is -2.29. The minimum absolute atomic E-state index is 0.153. The molecule has 0 bridgehead atoms. The van der Waals surface area contributed by atoms with E-state index >= 15 is 0 Å². The summed E-state index contributed by atoms with van der Waals surface area (Å²) in [5.74, 6) is -0.308. The number of hydrogen-bond donors (Lipinski definition) is 0. The highest BCUT2D eigenvalue weighted by Crippen LogP contribution is 2.18. The topological polar surface area (TPSA) is 61.8 Å². The van der Waals surface area contributed by atoms with Gasteiger partial charge in [-0.05, 0) is 44.9 Å². The van der Waals surface area contributed by atoms with Crippen LogP contribution in [-0.2, 0) is 23.8 Å². The Morgan fingerprint density at radius 1 is 0.294 bits per heavy atom. The van der Waals surface area contributed by atoms with E-state index in [9.17, 15) is 9.59 Å². The van der Waals surface area contributed by atoms with Crippen LogP contribution >= 0.6 is 0 Å². The summed E-state index contributed by atoms with van der Waals surface area (Å²) in [5.41, 5.74) is 0. The van der Waals surface area contributed by atoms with Crippen LogP contribution in [0, 0.1) is 0 Å². The minimum Gasteiger partial charge on any atom is -0.463 e. The highest BCUT2D eigenvalue weighted by Gasteiger charge is 2.16. The summed E-state index contributed by atoms with van der Waals surface area (Å²) in [7, 11) is 0. The predicted molar refractivity (Wildman–Crippen MR) is 298 cm³/mol. The first-order valence-corrected chi connectivity index (χ1v) is 31.2. The van der Waals surface area contributed by atoms with Crippen LogP contribution in [0.15, 0.2) is 12.2 Å². The normalized spacial score (nSPS) is 12.1. The standard InChI is InChI=1S/C63H122O5/c1-4-7-10-13-16-19-22-25-28-30-31-32-33-34-36-39-42-45-48-51-54-57-63(65)68-60-61(66-58-55-52-49-46-43-40-37-29-26-23-20-17-14-11-8-5-2)59-67-62(64)56-53-50-47-44-41-38-35-27-24-21-18-15-12-9-6-3/h25,28,61H,4-24,26-27,29-60H2,1-3H3/b28-25-/t61-/m0/s1. The van der Waals surface area contributed by atoms with Gasteiger partial charge in [-0.2, -0.15) is 0 Å². The number of carbonyl (C=O) groups excluding carboxylic acids is 2. The van der Waals surface area contributed by atoms with Crippen LogP contribution in [0.5, 0.6) is 0 Å². The maximum atomic E-state index is 12.7. The van der Waals surface area contributed by atoms with Crippen LogP contribution in [0.25, 0.3) is 0 Å². The quantitative estimate of drug-likeness (QED) is 0.0345. The van der Waals surface area contributed by atoms with E-state index in [0.717, 1.165) is 38.5 Å². The fourth-order valence-corrected chi connectivity index (χ4v) is 9.60. The summed E-state index contributed by atoms with van der Waals surface area (Å²) in [6.07, 6.45) is 71.2. The molecule has 0 aliphatic carbocycles. The van der Waals surface area contributed by atoms with Crippen molar-refractivity contribution < 1.29 is 23.8 Å². The van der Waals surface area contributed by atoms with Gasteiger partial charge in [0.25, 0.3) is 0 Å². The zero-order valence-electron chi connectivity index (χ0n) is 46.7. The number of esters is 2. The van der Waals surface area contributed by atoms with Crippen LogP contribution < -0.4 is 0 Å². The predicted octanol–water partition coefficient (Wildman–Crippen LogP) is 21.4. The number of ether oxygens (including phenoxy) is 3. The second-order valence-electron chi connectivity index (χ2n) is 21.3. The van der Waals surface area contributed by atoms with E-state index in [0.29, 0.717) is 19.4 Å². The number of carbonyl (C=O) groups is 2. The maximum absolute atomic E-state index is 12.7. The van der Waals surface area contributed by atoms with E-state index in [1.165, 1.54) is 283 Å². The number of allylic oxidation sites excluding steroid dienone is 2. The van der Waals surface area contributed by atoms with Gasteiger partial charge in [0.05, 0.1) is 0 Å². The van der Waals surface area contributed by atoms with Gasteiger partial charge in [-0.3, -0.25) is 9.59 Å². The van der Waals surface area contributed by atoms with Gasteiger partial charge in [-0.25, -0.2) is 0 Å². The highest BCUT2D eigenvalue weighted by molar-refractivity contribution is 5.69. The number of unbranched alkanes of at least 4 members (excludes halogenated alkanes) is 46. The molecule has 0 radical (unpaired) electrons. The Labute approximate surface area is 426 Å². The van der Waals surface area contributed by atoms with Gasteiger partial charge in [0.15, 0.2) is 0 Å². The molecule has 5 nitrogen and oxygen atoms in total. The highest BCUT2D eigenvalue weighted by atomic mass is 16.6. The molecule has 1 atom stereocenters. The SMILES string of the molecule is CCCCCCCC/C=C\CCCCCCCCCCCCCC(=O)OC[C@H](COC(=O)CCCCCCCCCCCCCCCCC)OCCCCCCCCCCCCCCCCCC. The zero-order chi connectivity index (χ0) is 49.2. The van der Waals surface area contributed by atoms with Gasteiger partial charge in [0.1, 0.15) is 19.3 Å². The lowest BCUT2D eigenvalue weighted by molar-refractivity contribution is -0.155. The molecule has 0 spiro atoms. The van der Waals surface area contributed by atoms with Crippen molar-refractivity contribution in [3.05, 3.63) is 12.2 Å². The fraction of sp³-hybridized carbons (Fsp3) is 0.937. The van der Waals surface area contributed by atoms with E-state index in [1.807, 2.05) is 0 Å². The van der Waals surface area contributed by atoms with Gasteiger partial charge >= 0.3 is 11.9 Å². The molecule has 0 saturated heterocycles. The van der Waals surface area contributed by atoms with Crippen molar-refractivity contribution in [2.45, 2.75) is 361 Å². The molecule has 68 heavy (non-hydrogen) atoms. The molecule has 0 aromatic carbocycles. The van der Waals surface area contributed by atoms with Crippen LogP contribution in [0.1, 0.15) is 355 Å². The first-order valence-electron chi connectivity index (χ1n) is 31.2. The molecule has 0 aromatic heterocycles. The van der Waals surface area contributed by atoms with E-state index in [1.54, 1.807) is 0 Å². The Balaban J connectivity index is 4.16. The molecule has 0 unspecified atom stereocenters. The maximum Gasteiger partial charge on any atom is 0.305 e. The average molecular weight is 960 g/mol. The smallest absolute Gasteiger partial charge is 0.305 e. The lowest BCUT2D eigenvalue weighted by Gasteiger charge is -2.18. The van der Waals surface area contributed by atoms with Crippen molar-refractivity contribution >= 4 is 11.9 Å². The Kier molecular flexibility index (Phi) is 58.7. The minimum atomic E-state index is -0.392. The summed E-state index contributed by atoms with van der Waals surface area (Å²) in [5, 5.41) is 0. The van der Waals surface area contributed by atoms with E-state index in [2.05, 4.69) is 32.9 Å². The van der Waals surface area contributed by atoms with Crippen molar-refractivity contribution in [3.8, 4) is 0 Å². The summed E-state index contributed by atoms with van der Waals surface area (Å²) >= 11 is 0. The Morgan fingerprint density at radius 2 is 0.515 bits per heavy atom. The number of hydrogen-bond acceptors (Lipinski definition) is 5. The third-order valence-corrected chi connectivity index (χ3v) is 14.3. The Morgan fingerprint density at radius 3 is 0.779 bits per heavy atom. The third kappa shape index (κ3) is 57.2. The van der Waals surface area contributed by atoms with Crippen LogP contribution in [-0.4, -0.2) is 37.9 Å². The molecular formula is C63H122O5. The number of rotatable bonds is 59. The van der Waals surface area contributed by atoms with Crippen molar-refractivity contribution in [1.29, 1.82) is 0 Å². The Bertz CT molecular complexity index is 994. The Hall–Kier alpha value is -1.36. The fourth-order valence-electron chi connectivity index (χ4n) is 9.60. The second kappa shape index (κ2) is 59.9. The summed E-state index contributed by atoms with van der Waals surface area (Å²) in [6.45, 7) is 7.82. The molecule has 0 rings (SSSR count). The van der Waals surface area contributed by atoms with Crippen molar-refractivity contribution in [3.63, 3.8) is 0 Å². The summed E-state index contributed by atoms with van der Waals surface area (Å²) in [4.78, 5) is 25.4. The van der Waals surface area contributed by atoms with Gasteiger partial charge in [0.2, 0.25) is 0 Å². The van der Waals surface area contributed by atoms with Crippen LogP contribution in [0.2, 0.25) is 0 Å². The van der Waals surface area contributed by atoms with Crippen molar-refractivity contribution in [2.75, 3.05) is 19.8 Å². The van der Waals surface area contributed by atoms with Crippen molar-refractivity contribution in [1.82, 2.24) is 0 Å². The molecule has 5 heteroatoms. The molecule has 404 valence electrons. The van der Waals surface area contributed by atoms with Crippen molar-refractivity contribution in [2.24, 2.45) is 0 Å². The largest absolute Gasteiger partial charge is 0.463 e. The second-order valence-corrected chi connectivity index (χ2v) is 21.3. The van der Waals surface area contributed by atoms with Gasteiger partial charge in [-0.15, -0.1) is 0 Å². The molecule has 0 fully saturated rings. The molecular weight excluding hydrogens is 837 g/mol. The molecule has 0 aliphatic rings. The van der Waals surface area contributed by atoms with Gasteiger partial charge < -0.3 is 14.2 Å². The first kappa shape index (κ1) is 66.6. The monoisotopic (exact) mass is 959 g/mol. The zero-order valence-corrected chi connectivity index (χ0v) is 46.7. The molecule has 0 amide bonds. The molecule has 0 aromatic rings. The summed E-state index contributed by atoms with van der Waals surface area (Å²) in [6, 6.07) is 0. The van der Waals surface area contributed by atoms with E-state index in [-0.39, 0.29) is 25.2 Å². The molecule has 0 N–H and O–H groups in total. The molecule has 0 heterocycles.